The zero-order valence-electron chi connectivity index (χ0n) is 17.0. The molecule has 4 N–H and O–H groups in total. The zero-order chi connectivity index (χ0) is 21.2. The first-order chi connectivity index (χ1) is 13.1. The summed E-state index contributed by atoms with van der Waals surface area (Å²) in [6.45, 7) is 8.54. The van der Waals surface area contributed by atoms with Gasteiger partial charge in [0.05, 0.1) is 11.1 Å². The fraction of sp³-hybridized carbons (Fsp3) is 0.364. The molecule has 2 aromatic rings. The van der Waals surface area contributed by atoms with Crippen molar-refractivity contribution in [3.8, 4) is 0 Å². The lowest BCUT2D eigenvalue weighted by Crippen LogP contribution is -2.24. The molecule has 2 rings (SSSR count). The first-order valence-electron chi connectivity index (χ1n) is 9.29. The van der Waals surface area contributed by atoms with E-state index in [-0.39, 0.29) is 5.97 Å². The van der Waals surface area contributed by atoms with Crippen molar-refractivity contribution in [1.82, 2.24) is 0 Å². The van der Waals surface area contributed by atoms with Gasteiger partial charge in [0, 0.05) is 17.9 Å². The normalized spacial score (nSPS) is 10.4. The van der Waals surface area contributed by atoms with Crippen LogP contribution in [0, 0.1) is 0 Å². The highest BCUT2D eigenvalue weighted by Crippen LogP contribution is 2.16. The van der Waals surface area contributed by atoms with Crippen molar-refractivity contribution in [3.05, 3.63) is 59.7 Å². The second-order valence-electron chi connectivity index (χ2n) is 7.25. The van der Waals surface area contributed by atoms with Crippen molar-refractivity contribution in [3.63, 3.8) is 0 Å². The Hall–Kier alpha value is -3.02. The molecule has 0 aliphatic carbocycles. The lowest BCUT2D eigenvalue weighted by molar-refractivity contribution is 0.00706. The zero-order valence-corrected chi connectivity index (χ0v) is 17.0. The minimum Gasteiger partial charge on any atom is -0.478 e. The first kappa shape index (κ1) is 23.0. The number of carbonyl (C=O) groups is 2. The highest BCUT2D eigenvalue weighted by Gasteiger charge is 2.18. The summed E-state index contributed by atoms with van der Waals surface area (Å²) in [5, 5.41) is 11.9. The number of nitrogens with one attached hydrogen (secondary N) is 1. The molecule has 0 heterocycles. The van der Waals surface area contributed by atoms with Gasteiger partial charge >= 0.3 is 11.9 Å². The largest absolute Gasteiger partial charge is 0.478 e. The van der Waals surface area contributed by atoms with Crippen LogP contribution in [0.1, 0.15) is 61.3 Å². The second-order valence-corrected chi connectivity index (χ2v) is 7.25. The van der Waals surface area contributed by atoms with Crippen molar-refractivity contribution < 1.29 is 19.4 Å². The van der Waals surface area contributed by atoms with E-state index in [0.717, 1.165) is 25.1 Å². The maximum Gasteiger partial charge on any atom is 0.340 e. The lowest BCUT2D eigenvalue weighted by Gasteiger charge is -2.19. The third kappa shape index (κ3) is 8.58. The number of carbonyl (C=O) groups excluding carboxylic acids is 1. The second kappa shape index (κ2) is 11.0. The van der Waals surface area contributed by atoms with Crippen LogP contribution in [0.3, 0.4) is 0 Å². The third-order valence-corrected chi connectivity index (χ3v) is 3.57. The molecule has 6 heteroatoms. The number of hydrogen-bond acceptors (Lipinski definition) is 5. The Morgan fingerprint density at radius 3 is 2.18 bits per heavy atom. The molecule has 0 aliphatic rings. The van der Waals surface area contributed by atoms with Gasteiger partial charge in [-0.25, -0.2) is 9.59 Å². The summed E-state index contributed by atoms with van der Waals surface area (Å²) in [5.41, 5.74) is 7.32. The molecule has 0 amide bonds. The standard InChI is InChI=1S/2C11H15NO2/c1-11(2,3)14-10(13)8-6-4-5-7-9(8)12;1-2-3-8-12-10-6-4-9(5-7-10)11(13)14/h4-7H,12H2,1-3H3;4-7,12H,2-3,8H2,1H3,(H,13,14). The van der Waals surface area contributed by atoms with Crippen molar-refractivity contribution in [2.24, 2.45) is 0 Å². The Kier molecular flexibility index (Phi) is 9.02. The summed E-state index contributed by atoms with van der Waals surface area (Å²) in [4.78, 5) is 22.1. The number of unbranched alkanes of at least 4 members (excludes halogenated alkanes) is 1. The van der Waals surface area contributed by atoms with Gasteiger partial charge in [-0.15, -0.1) is 0 Å². The maximum atomic E-state index is 11.6. The number of carboxylic acid groups (broad SMARTS) is 1. The first-order valence-corrected chi connectivity index (χ1v) is 9.29. The molecular formula is C22H30N2O4. The van der Waals surface area contributed by atoms with E-state index in [1.807, 2.05) is 20.8 Å². The average molecular weight is 386 g/mol. The molecule has 0 aliphatic heterocycles. The van der Waals surface area contributed by atoms with Gasteiger partial charge in [-0.2, -0.15) is 0 Å². The Morgan fingerprint density at radius 2 is 1.68 bits per heavy atom. The van der Waals surface area contributed by atoms with E-state index in [2.05, 4.69) is 12.2 Å². The minimum atomic E-state index is -0.884. The molecule has 6 nitrogen and oxygen atoms in total. The fourth-order valence-electron chi connectivity index (χ4n) is 2.16. The number of nitrogen functional groups attached to an aromatic ring is 1. The molecule has 0 saturated heterocycles. The molecule has 0 saturated carbocycles. The third-order valence-electron chi connectivity index (χ3n) is 3.57. The van der Waals surface area contributed by atoms with Gasteiger partial charge in [0.2, 0.25) is 0 Å². The number of nitrogens with two attached hydrogens (primary N) is 1. The van der Waals surface area contributed by atoms with Gasteiger partial charge in [-0.3, -0.25) is 0 Å². The van der Waals surface area contributed by atoms with E-state index in [4.69, 9.17) is 15.6 Å². The average Bonchev–Trinajstić information content (AvgIpc) is 2.62. The fourth-order valence-corrected chi connectivity index (χ4v) is 2.16. The number of esters is 1. The van der Waals surface area contributed by atoms with Crippen LogP contribution >= 0.6 is 0 Å². The molecule has 0 aromatic heterocycles. The number of carboxylic acids is 1. The SMILES string of the molecule is CC(C)(C)OC(=O)c1ccccc1N.CCCCNc1ccc(C(=O)O)cc1. The number of benzene rings is 2. The van der Waals surface area contributed by atoms with Crippen LogP contribution in [0.2, 0.25) is 0 Å². The van der Waals surface area contributed by atoms with Gasteiger partial charge in [0.25, 0.3) is 0 Å². The molecule has 0 fully saturated rings. The van der Waals surface area contributed by atoms with Crippen molar-refractivity contribution in [1.29, 1.82) is 0 Å². The Bertz CT molecular complexity index is 765. The minimum absolute atomic E-state index is 0.325. The quantitative estimate of drug-likeness (QED) is 0.374. The molecule has 2 aromatic carbocycles. The molecule has 0 bridgehead atoms. The summed E-state index contributed by atoms with van der Waals surface area (Å²) in [6.07, 6.45) is 2.28. The number of aromatic carboxylic acids is 1. The number of anilines is 2. The summed E-state index contributed by atoms with van der Waals surface area (Å²) in [7, 11) is 0. The van der Waals surface area contributed by atoms with Gasteiger partial charge in [0.15, 0.2) is 0 Å². The van der Waals surface area contributed by atoms with Gasteiger partial charge in [-0.1, -0.05) is 25.5 Å². The highest BCUT2D eigenvalue weighted by atomic mass is 16.6. The van der Waals surface area contributed by atoms with Crippen LogP contribution in [0.15, 0.2) is 48.5 Å². The Morgan fingerprint density at radius 1 is 1.07 bits per heavy atom. The van der Waals surface area contributed by atoms with Crippen molar-refractivity contribution >= 4 is 23.3 Å². The van der Waals surface area contributed by atoms with E-state index in [0.29, 0.717) is 16.8 Å². The molecule has 0 radical (unpaired) electrons. The van der Waals surface area contributed by atoms with E-state index < -0.39 is 11.6 Å². The summed E-state index contributed by atoms with van der Waals surface area (Å²) in [6, 6.07) is 13.7. The maximum absolute atomic E-state index is 11.6. The van der Waals surface area contributed by atoms with Gasteiger partial charge in [0.1, 0.15) is 5.60 Å². The predicted molar refractivity (Wildman–Crippen MR) is 113 cm³/mol. The van der Waals surface area contributed by atoms with Crippen molar-refractivity contribution in [2.75, 3.05) is 17.6 Å². The van der Waals surface area contributed by atoms with Crippen molar-refractivity contribution in [2.45, 2.75) is 46.1 Å². The van der Waals surface area contributed by atoms with E-state index in [1.54, 1.807) is 48.5 Å². The number of ether oxygens (including phenoxy) is 1. The summed E-state index contributed by atoms with van der Waals surface area (Å²) >= 11 is 0. The number of rotatable bonds is 6. The monoisotopic (exact) mass is 386 g/mol. The smallest absolute Gasteiger partial charge is 0.340 e. The van der Waals surface area contributed by atoms with Crippen LogP contribution in [0.25, 0.3) is 0 Å². The number of hydrogen-bond donors (Lipinski definition) is 3. The molecule has 28 heavy (non-hydrogen) atoms. The van der Waals surface area contributed by atoms with Crippen LogP contribution in [0.4, 0.5) is 11.4 Å². The highest BCUT2D eigenvalue weighted by molar-refractivity contribution is 5.95. The van der Waals surface area contributed by atoms with E-state index in [9.17, 15) is 9.59 Å². The van der Waals surface area contributed by atoms with E-state index >= 15 is 0 Å². The topological polar surface area (TPSA) is 102 Å². The van der Waals surface area contributed by atoms with Gasteiger partial charge in [-0.05, 0) is 63.6 Å². The Labute approximate surface area is 166 Å². The van der Waals surface area contributed by atoms with Crippen LogP contribution in [-0.4, -0.2) is 29.2 Å². The van der Waals surface area contributed by atoms with Crippen LogP contribution < -0.4 is 11.1 Å². The van der Waals surface area contributed by atoms with E-state index in [1.165, 1.54) is 0 Å². The van der Waals surface area contributed by atoms with Crippen LogP contribution in [0.5, 0.6) is 0 Å². The van der Waals surface area contributed by atoms with Gasteiger partial charge < -0.3 is 20.9 Å². The molecule has 0 atom stereocenters. The molecule has 0 unspecified atom stereocenters. The molecule has 0 spiro atoms. The summed E-state index contributed by atoms with van der Waals surface area (Å²) < 4.78 is 5.19. The Balaban J connectivity index is 0.000000280. The molecule has 152 valence electrons. The molecular weight excluding hydrogens is 356 g/mol. The predicted octanol–water partition coefficient (Wildman–Crippen LogP) is 4.82. The summed E-state index contributed by atoms with van der Waals surface area (Å²) in [5.74, 6) is -1.26. The number of para-hydroxylation sites is 1. The lowest BCUT2D eigenvalue weighted by atomic mass is 10.1. The van der Waals surface area contributed by atoms with Crippen LogP contribution in [-0.2, 0) is 4.74 Å².